The van der Waals surface area contributed by atoms with E-state index in [1.54, 1.807) is 22.7 Å². The number of rotatable bonds is 5. The van der Waals surface area contributed by atoms with E-state index in [-0.39, 0.29) is 5.41 Å². The Morgan fingerprint density at radius 3 is 2.90 bits per heavy atom. The second-order valence-corrected chi connectivity index (χ2v) is 9.98. The number of hydrogen-bond donors (Lipinski definition) is 0. The van der Waals surface area contributed by atoms with Gasteiger partial charge in [-0.25, -0.2) is 0 Å². The van der Waals surface area contributed by atoms with Crippen molar-refractivity contribution in [2.75, 3.05) is 13.1 Å². The number of piperidine rings is 1. The number of hydrogen-bond acceptors (Lipinski definition) is 6. The molecule has 152 valence electrons. The third-order valence-electron chi connectivity index (χ3n) is 6.38. The zero-order valence-corrected chi connectivity index (χ0v) is 18.0. The van der Waals surface area contributed by atoms with Crippen molar-refractivity contribution < 1.29 is 9.32 Å². The van der Waals surface area contributed by atoms with Gasteiger partial charge in [0.25, 0.3) is 0 Å². The lowest BCUT2D eigenvalue weighted by atomic mass is 9.81. The van der Waals surface area contributed by atoms with Crippen LogP contribution in [0.2, 0.25) is 0 Å². The largest absolute Gasteiger partial charge is 0.342 e. The molecule has 3 aromatic rings. The first kappa shape index (κ1) is 19.0. The number of nitrogens with zero attached hydrogens (tertiary/aromatic N) is 3. The standard InChI is InChI=1S/C22H25N3O2S2/c26-21(22(8-1-2-9-22)18-6-4-11-29-18)25-10-3-5-16(14-25)13-19-23-20(24-27-19)17-7-12-28-15-17/h4,6-7,11-12,15-16H,1-3,5,8-10,13-14H2/t16-/m1/s1. The van der Waals surface area contributed by atoms with E-state index < -0.39 is 0 Å². The molecular formula is C22H25N3O2S2. The molecule has 0 unspecified atom stereocenters. The number of amides is 1. The molecule has 5 nitrogen and oxygen atoms in total. The van der Waals surface area contributed by atoms with Crippen LogP contribution in [0.25, 0.3) is 11.4 Å². The maximum absolute atomic E-state index is 13.7. The Balaban J connectivity index is 1.29. The van der Waals surface area contributed by atoms with Crippen LogP contribution in [0, 0.1) is 5.92 Å². The van der Waals surface area contributed by atoms with Crippen LogP contribution in [-0.2, 0) is 16.6 Å². The molecule has 29 heavy (non-hydrogen) atoms. The highest BCUT2D eigenvalue weighted by molar-refractivity contribution is 7.10. The van der Waals surface area contributed by atoms with Gasteiger partial charge in [-0.15, -0.1) is 11.3 Å². The fourth-order valence-corrected chi connectivity index (χ4v) is 6.52. The van der Waals surface area contributed by atoms with Gasteiger partial charge in [-0.05, 0) is 54.5 Å². The first-order valence-corrected chi connectivity index (χ1v) is 12.3. The fourth-order valence-electron chi connectivity index (χ4n) is 4.91. The Bertz CT molecular complexity index is 943. The van der Waals surface area contributed by atoms with Crippen LogP contribution in [0.3, 0.4) is 0 Å². The van der Waals surface area contributed by atoms with Crippen molar-refractivity contribution in [2.24, 2.45) is 5.92 Å². The number of likely N-dealkylation sites (tertiary alicyclic amines) is 1. The van der Waals surface area contributed by atoms with E-state index >= 15 is 0 Å². The van der Waals surface area contributed by atoms with Crippen LogP contribution >= 0.6 is 22.7 Å². The molecule has 1 amide bonds. The van der Waals surface area contributed by atoms with Crippen LogP contribution in [0.15, 0.2) is 38.9 Å². The molecule has 1 saturated carbocycles. The molecule has 0 N–H and O–H groups in total. The van der Waals surface area contributed by atoms with Crippen LogP contribution < -0.4 is 0 Å². The molecule has 1 atom stereocenters. The minimum Gasteiger partial charge on any atom is -0.342 e. The summed E-state index contributed by atoms with van der Waals surface area (Å²) in [7, 11) is 0. The van der Waals surface area contributed by atoms with Crippen molar-refractivity contribution in [3.8, 4) is 11.4 Å². The Labute approximate surface area is 178 Å². The molecule has 2 fully saturated rings. The SMILES string of the molecule is O=C(N1CCC[C@H](Cc2nc(-c3ccsc3)no2)C1)C1(c2cccs2)CCCC1. The van der Waals surface area contributed by atoms with Gasteiger partial charge in [0.2, 0.25) is 17.6 Å². The molecule has 1 saturated heterocycles. The summed E-state index contributed by atoms with van der Waals surface area (Å²) in [6.45, 7) is 1.66. The zero-order valence-electron chi connectivity index (χ0n) is 16.4. The number of aromatic nitrogens is 2. The molecule has 4 heterocycles. The summed E-state index contributed by atoms with van der Waals surface area (Å²) >= 11 is 3.36. The number of carbonyl (C=O) groups excluding carboxylic acids is 1. The molecular weight excluding hydrogens is 402 g/mol. The molecule has 1 aliphatic heterocycles. The normalized spacial score (nSPS) is 21.5. The van der Waals surface area contributed by atoms with Gasteiger partial charge >= 0.3 is 0 Å². The highest BCUT2D eigenvalue weighted by atomic mass is 32.1. The third kappa shape index (κ3) is 3.66. The van der Waals surface area contributed by atoms with Crippen LogP contribution in [-0.4, -0.2) is 34.0 Å². The second kappa shape index (κ2) is 8.03. The molecule has 0 radical (unpaired) electrons. The van der Waals surface area contributed by atoms with Crippen LogP contribution in [0.1, 0.15) is 49.3 Å². The van der Waals surface area contributed by atoms with Crippen molar-refractivity contribution in [3.63, 3.8) is 0 Å². The van der Waals surface area contributed by atoms with E-state index in [1.165, 1.54) is 4.88 Å². The average Bonchev–Trinajstić information content (AvgIpc) is 3.55. The van der Waals surface area contributed by atoms with Gasteiger partial charge < -0.3 is 9.42 Å². The molecule has 3 aromatic heterocycles. The van der Waals surface area contributed by atoms with Gasteiger partial charge in [-0.2, -0.15) is 16.3 Å². The van der Waals surface area contributed by atoms with Gasteiger partial charge in [0.1, 0.15) is 0 Å². The summed E-state index contributed by atoms with van der Waals surface area (Å²) in [6.07, 6.45) is 7.16. The lowest BCUT2D eigenvalue weighted by molar-refractivity contribution is -0.139. The highest BCUT2D eigenvalue weighted by Crippen LogP contribution is 2.45. The predicted octanol–water partition coefficient (Wildman–Crippen LogP) is 5.15. The van der Waals surface area contributed by atoms with Gasteiger partial charge in [0, 0.05) is 35.3 Å². The highest BCUT2D eigenvalue weighted by Gasteiger charge is 2.46. The third-order valence-corrected chi connectivity index (χ3v) is 8.13. The summed E-state index contributed by atoms with van der Waals surface area (Å²) in [5.41, 5.74) is 0.719. The molecule has 0 bridgehead atoms. The van der Waals surface area contributed by atoms with Crippen molar-refractivity contribution in [1.29, 1.82) is 0 Å². The number of thiophene rings is 2. The maximum Gasteiger partial charge on any atom is 0.234 e. The van der Waals surface area contributed by atoms with E-state index in [1.807, 2.05) is 16.8 Å². The van der Waals surface area contributed by atoms with Crippen molar-refractivity contribution in [3.05, 3.63) is 45.1 Å². The maximum atomic E-state index is 13.7. The summed E-state index contributed by atoms with van der Waals surface area (Å²) in [6, 6.07) is 6.23. The summed E-state index contributed by atoms with van der Waals surface area (Å²) in [5, 5.41) is 10.3. The summed E-state index contributed by atoms with van der Waals surface area (Å²) in [5.74, 6) is 2.06. The summed E-state index contributed by atoms with van der Waals surface area (Å²) < 4.78 is 5.51. The summed E-state index contributed by atoms with van der Waals surface area (Å²) in [4.78, 5) is 21.6. The Kier molecular flexibility index (Phi) is 5.26. The Hall–Kier alpha value is -1.99. The van der Waals surface area contributed by atoms with Gasteiger partial charge in [0.05, 0.1) is 5.41 Å². The van der Waals surface area contributed by atoms with Gasteiger partial charge in [0.15, 0.2) is 0 Å². The molecule has 1 aliphatic carbocycles. The van der Waals surface area contributed by atoms with Crippen LogP contribution in [0.4, 0.5) is 0 Å². The lowest BCUT2D eigenvalue weighted by Crippen LogP contribution is -2.49. The minimum atomic E-state index is -0.285. The van der Waals surface area contributed by atoms with Crippen molar-refractivity contribution in [1.82, 2.24) is 15.0 Å². The minimum absolute atomic E-state index is 0.285. The molecule has 2 aliphatic rings. The van der Waals surface area contributed by atoms with E-state index in [0.29, 0.717) is 23.5 Å². The van der Waals surface area contributed by atoms with E-state index in [0.717, 1.165) is 63.6 Å². The average molecular weight is 428 g/mol. The van der Waals surface area contributed by atoms with Crippen LogP contribution in [0.5, 0.6) is 0 Å². The van der Waals surface area contributed by atoms with Crippen molar-refractivity contribution >= 4 is 28.6 Å². The topological polar surface area (TPSA) is 59.2 Å². The molecule has 0 aromatic carbocycles. The van der Waals surface area contributed by atoms with Gasteiger partial charge in [-0.1, -0.05) is 24.1 Å². The molecule has 7 heteroatoms. The first-order valence-electron chi connectivity index (χ1n) is 10.4. The fraction of sp³-hybridized carbons (Fsp3) is 0.500. The Morgan fingerprint density at radius 2 is 2.14 bits per heavy atom. The zero-order chi connectivity index (χ0) is 19.7. The lowest BCUT2D eigenvalue weighted by Gasteiger charge is -2.38. The molecule has 5 rings (SSSR count). The van der Waals surface area contributed by atoms with E-state index in [2.05, 4.69) is 32.6 Å². The van der Waals surface area contributed by atoms with E-state index in [4.69, 9.17) is 4.52 Å². The second-order valence-electron chi connectivity index (χ2n) is 8.25. The van der Waals surface area contributed by atoms with Gasteiger partial charge in [-0.3, -0.25) is 4.79 Å². The molecule has 0 spiro atoms. The van der Waals surface area contributed by atoms with Crippen molar-refractivity contribution in [2.45, 2.75) is 50.4 Å². The quantitative estimate of drug-likeness (QED) is 0.565. The smallest absolute Gasteiger partial charge is 0.234 e. The predicted molar refractivity (Wildman–Crippen MR) is 115 cm³/mol. The number of carbonyl (C=O) groups is 1. The Morgan fingerprint density at radius 1 is 1.24 bits per heavy atom. The van der Waals surface area contributed by atoms with E-state index in [9.17, 15) is 4.79 Å². The monoisotopic (exact) mass is 427 g/mol. The first-order chi connectivity index (χ1) is 14.2.